The van der Waals surface area contributed by atoms with E-state index in [9.17, 15) is 14.9 Å². The standard InChI is InChI=1S/C20H37BN2O5/c1-17(2,3)22-16(24)20(8)11-14(15(12-20)13-23(25)26)9-10-21-27-18(4,5)19(6,7)28-21/h14-15H,9-13H2,1-8H3,(H,22,24)/t14-,15+,20+/m0/s1. The van der Waals surface area contributed by atoms with Gasteiger partial charge in [-0.1, -0.05) is 13.3 Å². The monoisotopic (exact) mass is 396 g/mol. The van der Waals surface area contributed by atoms with Crippen LogP contribution in [-0.2, 0) is 14.1 Å². The fourth-order valence-corrected chi connectivity index (χ4v) is 4.43. The quantitative estimate of drug-likeness (QED) is 0.420. The summed E-state index contributed by atoms with van der Waals surface area (Å²) in [6, 6.07) is 0. The molecule has 7 nitrogen and oxygen atoms in total. The van der Waals surface area contributed by atoms with Gasteiger partial charge in [0.2, 0.25) is 12.5 Å². The van der Waals surface area contributed by atoms with Crippen LogP contribution in [0.4, 0.5) is 0 Å². The molecule has 0 aromatic heterocycles. The molecule has 0 bridgehead atoms. The van der Waals surface area contributed by atoms with Crippen LogP contribution in [0.15, 0.2) is 0 Å². The summed E-state index contributed by atoms with van der Waals surface area (Å²) in [4.78, 5) is 23.8. The molecule has 28 heavy (non-hydrogen) atoms. The molecular weight excluding hydrogens is 359 g/mol. The first-order valence-electron chi connectivity index (χ1n) is 10.3. The van der Waals surface area contributed by atoms with E-state index in [-0.39, 0.29) is 53.1 Å². The van der Waals surface area contributed by atoms with E-state index in [0.29, 0.717) is 19.2 Å². The van der Waals surface area contributed by atoms with E-state index >= 15 is 0 Å². The van der Waals surface area contributed by atoms with Gasteiger partial charge in [0.25, 0.3) is 0 Å². The van der Waals surface area contributed by atoms with E-state index < -0.39 is 5.41 Å². The SMILES string of the molecule is CC(C)(C)NC(=O)[C@]1(C)C[C@H](CCB2OC(C)(C)C(C)(C)O2)[C@@H](C[N+](=O)[O-])C1. The minimum absolute atomic E-state index is 0.00789. The van der Waals surface area contributed by atoms with Crippen LogP contribution in [0.2, 0.25) is 6.32 Å². The number of hydrogen-bond acceptors (Lipinski definition) is 5. The maximum atomic E-state index is 12.9. The Kier molecular flexibility index (Phi) is 6.28. The molecule has 3 atom stereocenters. The predicted molar refractivity (Wildman–Crippen MR) is 110 cm³/mol. The first kappa shape index (κ1) is 23.1. The number of carbonyl (C=O) groups excluding carboxylic acids is 1. The van der Waals surface area contributed by atoms with Crippen molar-refractivity contribution in [1.82, 2.24) is 5.32 Å². The number of hydrogen-bond donors (Lipinski definition) is 1. The molecule has 0 unspecified atom stereocenters. The number of nitrogens with zero attached hydrogens (tertiary/aromatic N) is 1. The Balaban J connectivity index is 2.05. The molecule has 1 heterocycles. The molecule has 1 aliphatic heterocycles. The van der Waals surface area contributed by atoms with Crippen molar-refractivity contribution in [2.24, 2.45) is 17.3 Å². The molecule has 0 spiro atoms. The number of carbonyl (C=O) groups is 1. The van der Waals surface area contributed by atoms with E-state index in [1.807, 2.05) is 55.4 Å². The summed E-state index contributed by atoms with van der Waals surface area (Å²) >= 11 is 0. The fraction of sp³-hybridized carbons (Fsp3) is 0.950. The zero-order valence-corrected chi connectivity index (χ0v) is 18.8. The highest BCUT2D eigenvalue weighted by molar-refractivity contribution is 6.45. The molecular formula is C20H37BN2O5. The average Bonchev–Trinajstić information content (AvgIpc) is 2.88. The first-order chi connectivity index (χ1) is 12.5. The van der Waals surface area contributed by atoms with Crippen molar-refractivity contribution in [1.29, 1.82) is 0 Å². The molecule has 0 aromatic carbocycles. The van der Waals surface area contributed by atoms with Crippen LogP contribution in [0.1, 0.15) is 74.7 Å². The van der Waals surface area contributed by atoms with Gasteiger partial charge in [-0.05, 0) is 73.5 Å². The molecule has 8 heteroatoms. The second-order valence-corrected chi connectivity index (χ2v) is 11.0. The molecule has 1 amide bonds. The topological polar surface area (TPSA) is 90.7 Å². The smallest absolute Gasteiger partial charge is 0.403 e. The summed E-state index contributed by atoms with van der Waals surface area (Å²) in [6.07, 6.45) is 2.65. The Hall–Kier alpha value is -1.15. The number of amides is 1. The van der Waals surface area contributed by atoms with Crippen molar-refractivity contribution in [2.75, 3.05) is 6.54 Å². The van der Waals surface area contributed by atoms with Gasteiger partial charge in [-0.25, -0.2) is 0 Å². The second kappa shape index (κ2) is 7.60. The lowest BCUT2D eigenvalue weighted by molar-refractivity contribution is -0.489. The zero-order valence-electron chi connectivity index (χ0n) is 18.8. The lowest BCUT2D eigenvalue weighted by Gasteiger charge is -2.32. The highest BCUT2D eigenvalue weighted by Gasteiger charge is 2.52. The summed E-state index contributed by atoms with van der Waals surface area (Å²) in [6.45, 7) is 15.8. The molecule has 2 fully saturated rings. The minimum atomic E-state index is -0.575. The van der Waals surface area contributed by atoms with E-state index in [0.717, 1.165) is 6.42 Å². The van der Waals surface area contributed by atoms with E-state index in [1.165, 1.54) is 0 Å². The fourth-order valence-electron chi connectivity index (χ4n) is 4.43. The van der Waals surface area contributed by atoms with E-state index in [1.54, 1.807) is 0 Å². The maximum absolute atomic E-state index is 12.9. The largest absolute Gasteiger partial charge is 0.457 e. The van der Waals surface area contributed by atoms with Crippen molar-refractivity contribution in [3.05, 3.63) is 10.1 Å². The van der Waals surface area contributed by atoms with Gasteiger partial charge >= 0.3 is 7.12 Å². The third-order valence-corrected chi connectivity index (χ3v) is 6.59. The summed E-state index contributed by atoms with van der Waals surface area (Å²) in [7, 11) is -0.309. The Labute approximate surface area is 169 Å². The summed E-state index contributed by atoms with van der Waals surface area (Å²) in [5.74, 6) is -0.000217. The van der Waals surface area contributed by atoms with Gasteiger partial charge in [0, 0.05) is 21.8 Å². The molecule has 0 aromatic rings. The lowest BCUT2D eigenvalue weighted by Crippen LogP contribution is -2.47. The van der Waals surface area contributed by atoms with Crippen LogP contribution in [0, 0.1) is 27.4 Å². The van der Waals surface area contributed by atoms with E-state index in [4.69, 9.17) is 9.31 Å². The summed E-state index contributed by atoms with van der Waals surface area (Å²) in [5, 5.41) is 14.3. The third kappa shape index (κ3) is 5.26. The van der Waals surface area contributed by atoms with Crippen LogP contribution < -0.4 is 5.32 Å². The van der Waals surface area contributed by atoms with Crippen molar-refractivity contribution in [2.45, 2.75) is 97.7 Å². The predicted octanol–water partition coefficient (Wildman–Crippen LogP) is 3.69. The Morgan fingerprint density at radius 3 is 2.07 bits per heavy atom. The number of rotatable bonds is 6. The van der Waals surface area contributed by atoms with Crippen molar-refractivity contribution in [3.8, 4) is 0 Å². The Bertz CT molecular complexity index is 600. The maximum Gasteiger partial charge on any atom is 0.457 e. The molecule has 2 aliphatic rings. The molecule has 1 saturated carbocycles. The number of nitro groups is 1. The van der Waals surface area contributed by atoms with Crippen molar-refractivity contribution >= 4 is 13.0 Å². The zero-order chi connectivity index (χ0) is 21.5. The highest BCUT2D eigenvalue weighted by Crippen LogP contribution is 2.48. The van der Waals surface area contributed by atoms with Gasteiger partial charge in [-0.15, -0.1) is 0 Å². The lowest BCUT2D eigenvalue weighted by atomic mass is 9.77. The minimum Gasteiger partial charge on any atom is -0.403 e. The third-order valence-electron chi connectivity index (χ3n) is 6.59. The van der Waals surface area contributed by atoms with Gasteiger partial charge in [-0.3, -0.25) is 14.9 Å². The van der Waals surface area contributed by atoms with Gasteiger partial charge in [0.05, 0.1) is 11.2 Å². The van der Waals surface area contributed by atoms with Crippen LogP contribution in [0.25, 0.3) is 0 Å². The van der Waals surface area contributed by atoms with Gasteiger partial charge in [0.15, 0.2) is 0 Å². The van der Waals surface area contributed by atoms with Crippen molar-refractivity contribution in [3.63, 3.8) is 0 Å². The first-order valence-corrected chi connectivity index (χ1v) is 10.3. The van der Waals surface area contributed by atoms with Crippen molar-refractivity contribution < 1.29 is 19.0 Å². The second-order valence-electron chi connectivity index (χ2n) is 11.0. The molecule has 2 rings (SSSR count). The molecule has 1 saturated heterocycles. The molecule has 0 radical (unpaired) electrons. The number of nitrogens with one attached hydrogen (secondary N) is 1. The van der Waals surface area contributed by atoms with Gasteiger partial charge in [0.1, 0.15) is 0 Å². The molecule has 1 N–H and O–H groups in total. The van der Waals surface area contributed by atoms with Crippen LogP contribution in [0.3, 0.4) is 0 Å². The summed E-state index contributed by atoms with van der Waals surface area (Å²) in [5.41, 5.74) is -1.66. The highest BCUT2D eigenvalue weighted by atomic mass is 16.7. The average molecular weight is 396 g/mol. The Morgan fingerprint density at radius 2 is 1.61 bits per heavy atom. The van der Waals surface area contributed by atoms with Crippen LogP contribution in [-0.4, -0.2) is 41.2 Å². The van der Waals surface area contributed by atoms with Gasteiger partial charge in [-0.2, -0.15) is 0 Å². The van der Waals surface area contributed by atoms with Crippen LogP contribution in [0.5, 0.6) is 0 Å². The Morgan fingerprint density at radius 1 is 1.11 bits per heavy atom. The van der Waals surface area contributed by atoms with Gasteiger partial charge < -0.3 is 14.6 Å². The van der Waals surface area contributed by atoms with E-state index in [2.05, 4.69) is 5.32 Å². The summed E-state index contributed by atoms with van der Waals surface area (Å²) < 4.78 is 12.1. The molecule has 1 aliphatic carbocycles. The molecule has 160 valence electrons. The normalized spacial score (nSPS) is 31.8. The van der Waals surface area contributed by atoms with Crippen LogP contribution >= 0.6 is 0 Å².